The Kier molecular flexibility index (Phi) is 4.39. The van der Waals surface area contributed by atoms with E-state index in [0.29, 0.717) is 5.02 Å². The lowest BCUT2D eigenvalue weighted by Gasteiger charge is -2.16. The van der Waals surface area contributed by atoms with E-state index < -0.39 is 11.6 Å². The van der Waals surface area contributed by atoms with E-state index in [-0.39, 0.29) is 17.7 Å². The molecular weight excluding hydrogens is 284 g/mol. The third kappa shape index (κ3) is 3.17. The number of nitrogens with zero attached hydrogens (tertiary/aromatic N) is 1. The Morgan fingerprint density at radius 3 is 2.50 bits per heavy atom. The highest BCUT2D eigenvalue weighted by atomic mass is 35.5. The summed E-state index contributed by atoms with van der Waals surface area (Å²) < 4.78 is 27.0. The van der Waals surface area contributed by atoms with E-state index in [4.69, 9.17) is 11.6 Å². The first-order valence-corrected chi connectivity index (χ1v) is 6.45. The molecule has 6 heteroatoms. The van der Waals surface area contributed by atoms with Gasteiger partial charge in [0.25, 0.3) is 0 Å². The average molecular weight is 298 g/mol. The summed E-state index contributed by atoms with van der Waals surface area (Å²) in [4.78, 5) is 3.87. The van der Waals surface area contributed by atoms with Crippen LogP contribution in [0.1, 0.15) is 18.5 Å². The molecule has 1 heterocycles. The van der Waals surface area contributed by atoms with Crippen LogP contribution in [0.5, 0.6) is 0 Å². The average Bonchev–Trinajstić information content (AvgIpc) is 2.41. The first kappa shape index (κ1) is 14.5. The van der Waals surface area contributed by atoms with Gasteiger partial charge in [-0.2, -0.15) is 0 Å². The minimum atomic E-state index is -0.740. The number of pyridine rings is 1. The molecule has 0 radical (unpaired) electrons. The Hall–Kier alpha value is -1.88. The van der Waals surface area contributed by atoms with Crippen LogP contribution in [-0.2, 0) is 0 Å². The number of benzene rings is 1. The van der Waals surface area contributed by atoms with Crippen LogP contribution in [0.2, 0.25) is 5.02 Å². The predicted octanol–water partition coefficient (Wildman–Crippen LogP) is 4.23. The molecule has 2 rings (SSSR count). The molecular formula is C14H14ClF2N3. The van der Waals surface area contributed by atoms with Gasteiger partial charge in [0, 0.05) is 18.1 Å². The Balaban J connectivity index is 2.25. The molecule has 0 saturated carbocycles. The van der Waals surface area contributed by atoms with E-state index in [1.807, 2.05) is 19.1 Å². The van der Waals surface area contributed by atoms with Crippen molar-refractivity contribution in [3.8, 4) is 0 Å². The number of rotatable bonds is 4. The first-order valence-electron chi connectivity index (χ1n) is 6.07. The molecule has 0 aliphatic rings. The fourth-order valence-electron chi connectivity index (χ4n) is 1.81. The number of hydrogen-bond donors (Lipinski definition) is 2. The third-order valence-corrected chi connectivity index (χ3v) is 3.10. The molecule has 0 aliphatic heterocycles. The highest BCUT2D eigenvalue weighted by Gasteiger charge is 2.14. The molecule has 0 bridgehead atoms. The van der Waals surface area contributed by atoms with E-state index in [9.17, 15) is 8.78 Å². The van der Waals surface area contributed by atoms with Crippen LogP contribution in [0.25, 0.3) is 0 Å². The second-order valence-corrected chi connectivity index (χ2v) is 4.76. The summed E-state index contributed by atoms with van der Waals surface area (Å²) in [5.74, 6) is -1.49. The Morgan fingerprint density at radius 1 is 1.15 bits per heavy atom. The molecule has 0 amide bonds. The second kappa shape index (κ2) is 6.05. The molecule has 2 aromatic rings. The largest absolute Gasteiger partial charge is 0.371 e. The quantitative estimate of drug-likeness (QED) is 0.887. The van der Waals surface area contributed by atoms with Gasteiger partial charge < -0.3 is 10.6 Å². The normalized spacial score (nSPS) is 12.1. The zero-order valence-corrected chi connectivity index (χ0v) is 11.8. The zero-order chi connectivity index (χ0) is 14.7. The van der Waals surface area contributed by atoms with Crippen LogP contribution in [0.4, 0.5) is 20.4 Å². The molecule has 0 saturated heterocycles. The molecule has 0 aliphatic carbocycles. The third-order valence-electron chi connectivity index (χ3n) is 2.87. The maximum atomic E-state index is 13.7. The van der Waals surface area contributed by atoms with Gasteiger partial charge in [0.05, 0.1) is 6.04 Å². The van der Waals surface area contributed by atoms with Crippen molar-refractivity contribution >= 4 is 23.2 Å². The lowest BCUT2D eigenvalue weighted by Crippen LogP contribution is -2.11. The van der Waals surface area contributed by atoms with E-state index in [1.54, 1.807) is 12.1 Å². The standard InChI is InChI=1S/C14H14ClF2N3/c1-8(9-4-3-5-10(15)6-9)19-14-12(17)7-11(16)13(18-2)20-14/h3-8H,1-2H3,(H2,18,19,20). The Bertz CT molecular complexity index is 619. The lowest BCUT2D eigenvalue weighted by molar-refractivity contribution is 0.577. The van der Waals surface area contributed by atoms with Gasteiger partial charge in [-0.25, -0.2) is 13.8 Å². The van der Waals surface area contributed by atoms with Crippen molar-refractivity contribution in [1.29, 1.82) is 0 Å². The number of hydrogen-bond acceptors (Lipinski definition) is 3. The number of nitrogens with one attached hydrogen (secondary N) is 2. The van der Waals surface area contributed by atoms with E-state index in [1.165, 1.54) is 7.05 Å². The maximum absolute atomic E-state index is 13.7. The summed E-state index contributed by atoms with van der Waals surface area (Å²) in [6, 6.07) is 7.79. The maximum Gasteiger partial charge on any atom is 0.168 e. The summed E-state index contributed by atoms with van der Waals surface area (Å²) in [6.07, 6.45) is 0. The molecule has 2 N–H and O–H groups in total. The van der Waals surface area contributed by atoms with Gasteiger partial charge >= 0.3 is 0 Å². The monoisotopic (exact) mass is 297 g/mol. The van der Waals surface area contributed by atoms with Crippen molar-refractivity contribution < 1.29 is 8.78 Å². The number of halogens is 3. The van der Waals surface area contributed by atoms with Crippen LogP contribution in [0.15, 0.2) is 30.3 Å². The summed E-state index contributed by atoms with van der Waals surface area (Å²) in [5.41, 5.74) is 0.883. The molecule has 1 aromatic heterocycles. The molecule has 1 atom stereocenters. The number of anilines is 2. The van der Waals surface area contributed by atoms with Crippen LogP contribution in [0.3, 0.4) is 0 Å². The van der Waals surface area contributed by atoms with Gasteiger partial charge in [0.2, 0.25) is 0 Å². The minimum Gasteiger partial charge on any atom is -0.371 e. The van der Waals surface area contributed by atoms with Gasteiger partial charge in [0.15, 0.2) is 23.3 Å². The summed E-state index contributed by atoms with van der Waals surface area (Å²) in [5, 5.41) is 6.07. The van der Waals surface area contributed by atoms with E-state index in [0.717, 1.165) is 11.6 Å². The van der Waals surface area contributed by atoms with Gasteiger partial charge in [-0.15, -0.1) is 0 Å². The summed E-state index contributed by atoms with van der Waals surface area (Å²) in [7, 11) is 1.52. The molecule has 1 aromatic carbocycles. The van der Waals surface area contributed by atoms with Gasteiger partial charge in [0.1, 0.15) is 0 Å². The topological polar surface area (TPSA) is 37.0 Å². The van der Waals surface area contributed by atoms with Crippen LogP contribution >= 0.6 is 11.6 Å². The number of aromatic nitrogens is 1. The highest BCUT2D eigenvalue weighted by Crippen LogP contribution is 2.24. The van der Waals surface area contributed by atoms with E-state index in [2.05, 4.69) is 15.6 Å². The fraction of sp³-hybridized carbons (Fsp3) is 0.214. The first-order chi connectivity index (χ1) is 9.51. The van der Waals surface area contributed by atoms with Gasteiger partial charge in [-0.1, -0.05) is 23.7 Å². The van der Waals surface area contributed by atoms with Crippen molar-refractivity contribution in [2.24, 2.45) is 0 Å². The van der Waals surface area contributed by atoms with Crippen molar-refractivity contribution in [2.45, 2.75) is 13.0 Å². The fourth-order valence-corrected chi connectivity index (χ4v) is 2.01. The smallest absolute Gasteiger partial charge is 0.168 e. The molecule has 1 unspecified atom stereocenters. The minimum absolute atomic E-state index is 0.00723. The van der Waals surface area contributed by atoms with Crippen LogP contribution < -0.4 is 10.6 Å². The molecule has 106 valence electrons. The zero-order valence-electron chi connectivity index (χ0n) is 11.0. The summed E-state index contributed by atoms with van der Waals surface area (Å²) >= 11 is 5.91. The molecule has 0 fully saturated rings. The lowest BCUT2D eigenvalue weighted by atomic mass is 10.1. The van der Waals surface area contributed by atoms with Gasteiger partial charge in [-0.3, -0.25) is 0 Å². The van der Waals surface area contributed by atoms with Crippen molar-refractivity contribution in [3.05, 3.63) is 52.6 Å². The van der Waals surface area contributed by atoms with Crippen LogP contribution in [-0.4, -0.2) is 12.0 Å². The Morgan fingerprint density at radius 2 is 1.85 bits per heavy atom. The van der Waals surface area contributed by atoms with Crippen molar-refractivity contribution in [1.82, 2.24) is 4.98 Å². The Labute approximate surface area is 121 Å². The van der Waals surface area contributed by atoms with Crippen LogP contribution in [0, 0.1) is 11.6 Å². The molecule has 20 heavy (non-hydrogen) atoms. The molecule has 3 nitrogen and oxygen atoms in total. The van der Waals surface area contributed by atoms with Gasteiger partial charge in [-0.05, 0) is 24.6 Å². The highest BCUT2D eigenvalue weighted by molar-refractivity contribution is 6.30. The SMILES string of the molecule is CNc1nc(NC(C)c2cccc(Cl)c2)c(F)cc1F. The predicted molar refractivity (Wildman–Crippen MR) is 77.2 cm³/mol. The molecule has 0 spiro atoms. The van der Waals surface area contributed by atoms with E-state index >= 15 is 0 Å². The second-order valence-electron chi connectivity index (χ2n) is 4.32. The van der Waals surface area contributed by atoms with Crippen molar-refractivity contribution in [3.63, 3.8) is 0 Å². The summed E-state index contributed by atoms with van der Waals surface area (Å²) in [6.45, 7) is 1.84. The van der Waals surface area contributed by atoms with Crippen molar-refractivity contribution in [2.75, 3.05) is 17.7 Å².